The quantitative estimate of drug-likeness (QED) is 0.350. The van der Waals surface area contributed by atoms with Crippen molar-refractivity contribution in [2.24, 2.45) is 0 Å². The molecule has 1 aromatic rings. The van der Waals surface area contributed by atoms with Gasteiger partial charge in [-0.25, -0.2) is 9.37 Å². The molecule has 1 radical (unpaired) electrons. The summed E-state index contributed by atoms with van der Waals surface area (Å²) in [6, 6.07) is 1.43. The number of nitrogens with zero attached hydrogens (tertiary/aromatic N) is 2. The molecule has 0 aliphatic carbocycles. The Labute approximate surface area is 143 Å². The van der Waals surface area contributed by atoms with Crippen LogP contribution in [0.5, 0.6) is 0 Å². The summed E-state index contributed by atoms with van der Waals surface area (Å²) in [6.07, 6.45) is 3.02. The smallest absolute Gasteiger partial charge is 0.333 e. The first-order valence-corrected chi connectivity index (χ1v) is 8.08. The first-order chi connectivity index (χ1) is 9.60. The van der Waals surface area contributed by atoms with Crippen molar-refractivity contribution >= 4 is 47.8 Å². The molecule has 2 heterocycles. The minimum Gasteiger partial charge on any atom is -0.427 e. The molecule has 0 spiro atoms. The maximum Gasteiger partial charge on any atom is 0.333 e. The molecule has 0 unspecified atom stereocenters. The Hall–Kier alpha value is -0.315. The van der Waals surface area contributed by atoms with Gasteiger partial charge >= 0.3 is 7.48 Å². The third-order valence-corrected chi connectivity index (χ3v) is 5.14. The molecule has 8 heteroatoms. The van der Waals surface area contributed by atoms with Crippen LogP contribution >= 0.6 is 34.8 Å². The van der Waals surface area contributed by atoms with Gasteiger partial charge < -0.3 is 9.76 Å². The number of aromatic nitrogens is 1. The monoisotopic (exact) mass is 421 g/mol. The maximum atomic E-state index is 13.4. The fraction of sp³-hybridized carbons (Fsp3) is 0.462. The van der Waals surface area contributed by atoms with Crippen LogP contribution in [-0.2, 0) is 4.65 Å². The average Bonchev–Trinajstić information content (AvgIpc) is 2.35. The minimum atomic E-state index is -1.01. The van der Waals surface area contributed by atoms with Crippen LogP contribution in [0.4, 0.5) is 4.39 Å². The minimum absolute atomic E-state index is 0.391. The van der Waals surface area contributed by atoms with E-state index in [9.17, 15) is 9.50 Å². The molecule has 113 valence electrons. The number of rotatable bonds is 4. The lowest BCUT2D eigenvalue weighted by Crippen LogP contribution is -2.48. The van der Waals surface area contributed by atoms with E-state index >= 15 is 0 Å². The van der Waals surface area contributed by atoms with Gasteiger partial charge in [0.05, 0.1) is 40.3 Å². The molecule has 0 fully saturated rings. The highest BCUT2D eigenvalue weighted by atomic mass is 127. The molecule has 4 nitrogen and oxygen atoms in total. The van der Waals surface area contributed by atoms with Crippen molar-refractivity contribution in [3.63, 3.8) is 0 Å². The first kappa shape index (κ1) is 17.0. The van der Waals surface area contributed by atoms with Crippen LogP contribution in [0.25, 0.3) is 5.47 Å². The van der Waals surface area contributed by atoms with Crippen molar-refractivity contribution < 1.29 is 14.2 Å². The van der Waals surface area contributed by atoms with Crippen LogP contribution in [-0.4, -0.2) is 31.3 Å². The number of hydrogen-bond donors (Lipinski definition) is 1. The van der Waals surface area contributed by atoms with Crippen LogP contribution in [0, 0.1) is 5.82 Å². The van der Waals surface area contributed by atoms with E-state index in [2.05, 4.69) is 27.8 Å². The second-order valence-electron chi connectivity index (χ2n) is 5.76. The van der Waals surface area contributed by atoms with Crippen molar-refractivity contribution in [1.29, 1.82) is 0 Å². The van der Waals surface area contributed by atoms with E-state index in [1.807, 2.05) is 8.72 Å². The molecule has 0 amide bonds. The maximum absolute atomic E-state index is 13.4. The Kier molecular flexibility index (Phi) is 4.92. The number of fused-ring (bicyclic) bond motifs is 1. The second kappa shape index (κ2) is 6.06. The summed E-state index contributed by atoms with van der Waals surface area (Å²) in [5.41, 5.74) is -0.405. The zero-order valence-corrected chi connectivity index (χ0v) is 15.2. The molecule has 1 aromatic heterocycles. The molecule has 0 atom stereocenters. The van der Waals surface area contributed by atoms with E-state index in [0.717, 1.165) is 0 Å². The van der Waals surface area contributed by atoms with Crippen LogP contribution < -0.4 is 0 Å². The molecule has 0 saturated carbocycles. The largest absolute Gasteiger partial charge is 0.427 e. The fourth-order valence-corrected chi connectivity index (χ4v) is 3.01. The van der Waals surface area contributed by atoms with Crippen molar-refractivity contribution in [3.8, 4) is 0 Å². The van der Waals surface area contributed by atoms with Gasteiger partial charge in [-0.2, -0.15) is 0 Å². The summed E-state index contributed by atoms with van der Waals surface area (Å²) in [5.74, 6) is -0.391. The summed E-state index contributed by atoms with van der Waals surface area (Å²) in [6.45, 7) is 6.97. The lowest BCUT2D eigenvalue weighted by atomic mass is 9.79. The Bertz CT molecular complexity index is 578. The van der Waals surface area contributed by atoms with Gasteiger partial charge in [0.2, 0.25) is 0 Å². The second-order valence-corrected chi connectivity index (χ2v) is 8.42. The molecule has 2 rings (SSSR count). The third kappa shape index (κ3) is 3.91. The van der Waals surface area contributed by atoms with E-state index < -0.39 is 17.0 Å². The van der Waals surface area contributed by atoms with Gasteiger partial charge in [-0.15, -0.1) is 0 Å². The Morgan fingerprint density at radius 2 is 2.10 bits per heavy atom. The number of pyridine rings is 1. The van der Waals surface area contributed by atoms with Gasteiger partial charge in [-0.3, -0.25) is 2.52 Å². The number of aliphatic hydroxyl groups is 1. The van der Waals surface area contributed by atoms with Gasteiger partial charge in [-0.1, -0.05) is 0 Å². The van der Waals surface area contributed by atoms with Crippen molar-refractivity contribution in [2.75, 3.05) is 0 Å². The van der Waals surface area contributed by atoms with Gasteiger partial charge in [0.25, 0.3) is 0 Å². The van der Waals surface area contributed by atoms with Gasteiger partial charge in [-0.05, 0) is 39.2 Å². The SMILES string of the molecule is CC(C)(O)C(C)(C)O[B]C1=CN(I)Sc2ncc(F)cc21. The summed E-state index contributed by atoms with van der Waals surface area (Å²) >= 11 is 3.52. The highest BCUT2D eigenvalue weighted by Crippen LogP contribution is 2.38. The van der Waals surface area contributed by atoms with E-state index in [1.165, 1.54) is 24.2 Å². The summed E-state index contributed by atoms with van der Waals surface area (Å²) in [5, 5.41) is 10.8. The van der Waals surface area contributed by atoms with Crippen molar-refractivity contribution in [3.05, 3.63) is 29.8 Å². The van der Waals surface area contributed by atoms with Crippen molar-refractivity contribution in [2.45, 2.75) is 43.9 Å². The summed E-state index contributed by atoms with van der Waals surface area (Å²) in [4.78, 5) is 4.09. The Balaban J connectivity index is 2.23. The first-order valence-electron chi connectivity index (χ1n) is 6.34. The van der Waals surface area contributed by atoms with Crippen molar-refractivity contribution in [1.82, 2.24) is 7.50 Å². The Morgan fingerprint density at radius 3 is 2.71 bits per heavy atom. The normalized spacial score (nSPS) is 15.6. The highest BCUT2D eigenvalue weighted by molar-refractivity contribution is 14.1. The average molecular weight is 421 g/mol. The highest BCUT2D eigenvalue weighted by Gasteiger charge is 2.36. The predicted molar refractivity (Wildman–Crippen MR) is 91.1 cm³/mol. The van der Waals surface area contributed by atoms with Gasteiger partial charge in [0, 0.05) is 23.7 Å². The van der Waals surface area contributed by atoms with E-state index in [1.54, 1.807) is 35.2 Å². The lowest BCUT2D eigenvalue weighted by Gasteiger charge is -2.38. The van der Waals surface area contributed by atoms with Crippen LogP contribution in [0.2, 0.25) is 0 Å². The van der Waals surface area contributed by atoms with Crippen LogP contribution in [0.1, 0.15) is 33.3 Å². The van der Waals surface area contributed by atoms with E-state index in [0.29, 0.717) is 16.1 Å². The molecular weight excluding hydrogens is 405 g/mol. The zero-order chi connectivity index (χ0) is 15.8. The summed E-state index contributed by atoms with van der Waals surface area (Å²) < 4.78 is 21.0. The predicted octanol–water partition coefficient (Wildman–Crippen LogP) is 3.38. The topological polar surface area (TPSA) is 45.6 Å². The molecule has 21 heavy (non-hydrogen) atoms. The molecule has 0 aromatic carbocycles. The Morgan fingerprint density at radius 1 is 1.43 bits per heavy atom. The van der Waals surface area contributed by atoms with Crippen LogP contribution in [0.3, 0.4) is 0 Å². The van der Waals surface area contributed by atoms with E-state index in [-0.39, 0.29) is 0 Å². The summed E-state index contributed by atoms with van der Waals surface area (Å²) in [7, 11) is 1.54. The van der Waals surface area contributed by atoms with Gasteiger partial charge in [0.15, 0.2) is 0 Å². The fourth-order valence-electron chi connectivity index (χ4n) is 1.44. The standard InChI is InChI=1S/C13H16BFIN2O2S/c1-12(2,19)13(3,4)20-14-10-7-18(16)21-11-9(10)5-8(15)6-17-11/h5-7,19H,1-4H3. The zero-order valence-electron chi connectivity index (χ0n) is 12.2. The lowest BCUT2D eigenvalue weighted by molar-refractivity contribution is -0.0892. The third-order valence-electron chi connectivity index (χ3n) is 3.50. The van der Waals surface area contributed by atoms with Gasteiger partial charge in [0.1, 0.15) is 10.8 Å². The molecular formula is C13H16BFIN2O2S. The molecule has 1 N–H and O–H groups in total. The number of halogens is 2. The molecule has 1 aliphatic heterocycles. The molecule has 1 aliphatic rings. The number of hydrogen-bond acceptors (Lipinski definition) is 5. The molecule has 0 bridgehead atoms. The molecule has 0 saturated heterocycles. The van der Waals surface area contributed by atoms with E-state index in [4.69, 9.17) is 4.65 Å². The van der Waals surface area contributed by atoms with Crippen LogP contribution in [0.15, 0.2) is 23.5 Å².